The number of hydrogen-bond donors (Lipinski definition) is 0. The van der Waals surface area contributed by atoms with E-state index in [9.17, 15) is 9.59 Å². The zero-order valence-electron chi connectivity index (χ0n) is 11.0. The van der Waals surface area contributed by atoms with Gasteiger partial charge in [-0.15, -0.1) is 0 Å². The van der Waals surface area contributed by atoms with Crippen LogP contribution in [0.4, 0.5) is 0 Å². The molecule has 0 aliphatic heterocycles. The van der Waals surface area contributed by atoms with Gasteiger partial charge in [-0.1, -0.05) is 30.3 Å². The highest BCUT2D eigenvalue weighted by molar-refractivity contribution is 6.20. The molecule has 0 saturated heterocycles. The molecular formula is C15H16O4. The maximum Gasteiger partial charge on any atom is 0.345 e. The van der Waals surface area contributed by atoms with Gasteiger partial charge in [0.15, 0.2) is 0 Å². The molecular weight excluding hydrogens is 244 g/mol. The molecule has 0 aromatic heterocycles. The van der Waals surface area contributed by atoms with Crippen molar-refractivity contribution in [1.82, 2.24) is 0 Å². The first kappa shape index (κ1) is 13.3. The van der Waals surface area contributed by atoms with E-state index in [1.807, 2.05) is 30.3 Å². The minimum Gasteiger partial charge on any atom is -0.465 e. The predicted molar refractivity (Wildman–Crippen MR) is 70.1 cm³/mol. The first-order valence-corrected chi connectivity index (χ1v) is 6.15. The topological polar surface area (TPSA) is 52.6 Å². The summed E-state index contributed by atoms with van der Waals surface area (Å²) in [5, 5.41) is 0. The van der Waals surface area contributed by atoms with Crippen molar-refractivity contribution in [2.45, 2.75) is 12.8 Å². The van der Waals surface area contributed by atoms with E-state index in [-0.39, 0.29) is 11.5 Å². The second-order valence-electron chi connectivity index (χ2n) is 4.41. The van der Waals surface area contributed by atoms with Crippen molar-refractivity contribution in [2.75, 3.05) is 14.2 Å². The highest BCUT2D eigenvalue weighted by Gasteiger charge is 2.35. The lowest BCUT2D eigenvalue weighted by Crippen LogP contribution is -2.18. The number of rotatable bonds is 4. The second-order valence-corrected chi connectivity index (χ2v) is 4.41. The molecule has 0 spiro atoms. The molecule has 0 heterocycles. The molecule has 0 unspecified atom stereocenters. The molecule has 1 saturated carbocycles. The molecule has 4 nitrogen and oxygen atoms in total. The van der Waals surface area contributed by atoms with E-state index >= 15 is 0 Å². The zero-order valence-corrected chi connectivity index (χ0v) is 11.0. The summed E-state index contributed by atoms with van der Waals surface area (Å²) in [6, 6.07) is 9.43. The minimum atomic E-state index is -0.641. The number of hydrogen-bond acceptors (Lipinski definition) is 4. The summed E-state index contributed by atoms with van der Waals surface area (Å²) in [6.45, 7) is 0. The van der Waals surface area contributed by atoms with Crippen LogP contribution in [-0.4, -0.2) is 26.2 Å². The van der Waals surface area contributed by atoms with Crippen LogP contribution in [0.2, 0.25) is 0 Å². The fourth-order valence-electron chi connectivity index (χ4n) is 2.08. The summed E-state index contributed by atoms with van der Waals surface area (Å²) in [6.07, 6.45) is 1.95. The van der Waals surface area contributed by atoms with E-state index in [4.69, 9.17) is 9.47 Å². The Kier molecular flexibility index (Phi) is 4.00. The molecule has 0 N–H and O–H groups in total. The fraction of sp³-hybridized carbons (Fsp3) is 0.333. The third-order valence-corrected chi connectivity index (χ3v) is 3.12. The molecule has 1 aliphatic rings. The molecule has 19 heavy (non-hydrogen) atoms. The van der Waals surface area contributed by atoms with Crippen LogP contribution in [-0.2, 0) is 19.1 Å². The smallest absolute Gasteiger partial charge is 0.345 e. The van der Waals surface area contributed by atoms with Gasteiger partial charge in [0.2, 0.25) is 0 Å². The van der Waals surface area contributed by atoms with Crippen LogP contribution in [0.25, 0.3) is 5.57 Å². The van der Waals surface area contributed by atoms with Crippen molar-refractivity contribution in [3.8, 4) is 0 Å². The largest absolute Gasteiger partial charge is 0.465 e. The highest BCUT2D eigenvalue weighted by atomic mass is 16.5. The number of allylic oxidation sites excluding steroid dienone is 1. The molecule has 1 aromatic rings. The lowest BCUT2D eigenvalue weighted by atomic mass is 9.95. The average Bonchev–Trinajstić information content (AvgIpc) is 3.28. The standard InChI is InChI=1S/C15H16O4/c1-18-14(16)13(15(17)19-2)12(11-8-9-11)10-6-4-3-5-7-10/h3-7,11H,8-9H2,1-2H3. The third kappa shape index (κ3) is 2.84. The quantitative estimate of drug-likeness (QED) is 0.360. The summed E-state index contributed by atoms with van der Waals surface area (Å²) in [5.41, 5.74) is 1.62. The van der Waals surface area contributed by atoms with Crippen LogP contribution in [0, 0.1) is 5.92 Å². The molecule has 2 rings (SSSR count). The van der Waals surface area contributed by atoms with Crippen molar-refractivity contribution < 1.29 is 19.1 Å². The number of methoxy groups -OCH3 is 2. The summed E-state index contributed by atoms with van der Waals surface area (Å²) in [7, 11) is 2.53. The van der Waals surface area contributed by atoms with Gasteiger partial charge in [-0.25, -0.2) is 9.59 Å². The summed E-state index contributed by atoms with van der Waals surface area (Å²) >= 11 is 0. The molecule has 4 heteroatoms. The number of carbonyl (C=O) groups excluding carboxylic acids is 2. The predicted octanol–water partition coefficient (Wildman–Crippen LogP) is 2.20. The lowest BCUT2D eigenvalue weighted by Gasteiger charge is -2.12. The zero-order chi connectivity index (χ0) is 13.8. The second kappa shape index (κ2) is 5.69. The summed E-state index contributed by atoms with van der Waals surface area (Å²) in [4.78, 5) is 23.8. The fourth-order valence-corrected chi connectivity index (χ4v) is 2.08. The van der Waals surface area contributed by atoms with Gasteiger partial charge in [0.1, 0.15) is 5.57 Å². The molecule has 1 fully saturated rings. The van der Waals surface area contributed by atoms with E-state index in [1.165, 1.54) is 14.2 Å². The van der Waals surface area contributed by atoms with Gasteiger partial charge in [0, 0.05) is 0 Å². The van der Waals surface area contributed by atoms with Gasteiger partial charge < -0.3 is 9.47 Å². The summed E-state index contributed by atoms with van der Waals surface area (Å²) < 4.78 is 9.44. The normalized spacial score (nSPS) is 13.6. The Labute approximate surface area is 112 Å². The van der Waals surface area contributed by atoms with E-state index in [2.05, 4.69) is 0 Å². The molecule has 100 valence electrons. The van der Waals surface area contributed by atoms with Gasteiger partial charge >= 0.3 is 11.9 Å². The van der Waals surface area contributed by atoms with E-state index in [1.54, 1.807) is 0 Å². The lowest BCUT2D eigenvalue weighted by molar-refractivity contribution is -0.143. The molecule has 1 aromatic carbocycles. The first-order valence-electron chi connectivity index (χ1n) is 6.15. The third-order valence-electron chi connectivity index (χ3n) is 3.12. The monoisotopic (exact) mass is 260 g/mol. The molecule has 0 atom stereocenters. The minimum absolute atomic E-state index is 0.0127. The molecule has 0 bridgehead atoms. The van der Waals surface area contributed by atoms with E-state index in [0.29, 0.717) is 0 Å². The maximum atomic E-state index is 11.9. The van der Waals surface area contributed by atoms with E-state index < -0.39 is 11.9 Å². The number of esters is 2. The molecule has 0 radical (unpaired) electrons. The molecule has 1 aliphatic carbocycles. The number of benzene rings is 1. The Morgan fingerprint density at radius 1 is 1.00 bits per heavy atom. The number of carbonyl (C=O) groups is 2. The van der Waals surface area contributed by atoms with Crippen molar-refractivity contribution in [3.63, 3.8) is 0 Å². The van der Waals surface area contributed by atoms with Crippen LogP contribution >= 0.6 is 0 Å². The van der Waals surface area contributed by atoms with Crippen LogP contribution in [0.5, 0.6) is 0 Å². The van der Waals surface area contributed by atoms with Crippen LogP contribution in [0.1, 0.15) is 18.4 Å². The number of ether oxygens (including phenoxy) is 2. The van der Waals surface area contributed by atoms with Crippen LogP contribution in [0.15, 0.2) is 35.9 Å². The molecule has 0 amide bonds. The van der Waals surface area contributed by atoms with Gasteiger partial charge in [-0.3, -0.25) is 0 Å². The SMILES string of the molecule is COC(=O)C(C(=O)OC)=C(c1ccccc1)C1CC1. The van der Waals surface area contributed by atoms with Crippen LogP contribution < -0.4 is 0 Å². The van der Waals surface area contributed by atoms with Gasteiger partial charge in [0.05, 0.1) is 14.2 Å². The van der Waals surface area contributed by atoms with E-state index in [0.717, 1.165) is 24.0 Å². The average molecular weight is 260 g/mol. The Morgan fingerprint density at radius 3 is 1.95 bits per heavy atom. The summed E-state index contributed by atoms with van der Waals surface area (Å²) in [5.74, 6) is -1.05. The van der Waals surface area contributed by atoms with Crippen molar-refractivity contribution in [3.05, 3.63) is 41.5 Å². The Bertz CT molecular complexity index is 494. The van der Waals surface area contributed by atoms with Gasteiger partial charge in [-0.05, 0) is 29.9 Å². The maximum absolute atomic E-state index is 11.9. The Hall–Kier alpha value is -2.10. The Morgan fingerprint density at radius 2 is 1.53 bits per heavy atom. The van der Waals surface area contributed by atoms with Gasteiger partial charge in [-0.2, -0.15) is 0 Å². The highest BCUT2D eigenvalue weighted by Crippen LogP contribution is 2.44. The van der Waals surface area contributed by atoms with Crippen molar-refractivity contribution in [2.24, 2.45) is 5.92 Å². The van der Waals surface area contributed by atoms with Crippen molar-refractivity contribution >= 4 is 17.5 Å². The van der Waals surface area contributed by atoms with Gasteiger partial charge in [0.25, 0.3) is 0 Å². The first-order chi connectivity index (χ1) is 9.19. The van der Waals surface area contributed by atoms with Crippen molar-refractivity contribution in [1.29, 1.82) is 0 Å². The van der Waals surface area contributed by atoms with Crippen LogP contribution in [0.3, 0.4) is 0 Å². The Balaban J connectivity index is 2.57.